The molecule has 4 heterocycles. The number of thioether (sulfide) groups is 1. The highest BCUT2D eigenvalue weighted by molar-refractivity contribution is 8.00. The molecule has 5 nitrogen and oxygen atoms in total. The Morgan fingerprint density at radius 3 is 2.80 bits per heavy atom. The van der Waals surface area contributed by atoms with Gasteiger partial charge in [0.2, 0.25) is 0 Å². The number of Topliss-reactive ketones (excluding diaryl/α,β-unsaturated/α-hetero) is 1. The molecular weight excluding hydrogens is 458 g/mol. The summed E-state index contributed by atoms with van der Waals surface area (Å²) < 4.78 is 6.11. The van der Waals surface area contributed by atoms with E-state index in [9.17, 15) is 4.79 Å². The number of thiophene rings is 2. The summed E-state index contributed by atoms with van der Waals surface area (Å²) in [6.45, 7) is 4.05. The monoisotopic (exact) mass is 479 g/mol. The fraction of sp³-hybridized carbons (Fsp3) is 0.476. The van der Waals surface area contributed by atoms with Crippen LogP contribution in [0.5, 0.6) is 0 Å². The summed E-state index contributed by atoms with van der Waals surface area (Å²) in [5.41, 5.74) is 1.41. The second kappa shape index (κ2) is 9.22. The van der Waals surface area contributed by atoms with E-state index in [2.05, 4.69) is 4.90 Å². The van der Waals surface area contributed by atoms with Crippen LogP contribution in [0, 0.1) is 0 Å². The molecule has 2 aliphatic rings. The quantitative estimate of drug-likeness (QED) is 0.279. The molecule has 0 spiro atoms. The summed E-state index contributed by atoms with van der Waals surface area (Å²) in [4.78, 5) is 28.1. The molecule has 0 aromatic carbocycles. The lowest BCUT2D eigenvalue weighted by Gasteiger charge is -2.25. The van der Waals surface area contributed by atoms with E-state index in [1.807, 2.05) is 17.4 Å². The molecule has 30 heavy (non-hydrogen) atoms. The number of morpholine rings is 1. The summed E-state index contributed by atoms with van der Waals surface area (Å²) in [6, 6.07) is 3.59. The van der Waals surface area contributed by atoms with Crippen LogP contribution in [0.25, 0.3) is 10.2 Å². The maximum absolute atomic E-state index is 12.7. The van der Waals surface area contributed by atoms with Gasteiger partial charge in [0.15, 0.2) is 5.78 Å². The molecule has 0 atom stereocenters. The number of carbonyl (C=O) groups excluding carboxylic acids is 1. The number of aryl methyl sites for hydroxylation is 2. The molecule has 0 radical (unpaired) electrons. The van der Waals surface area contributed by atoms with Crippen molar-refractivity contribution < 1.29 is 9.53 Å². The van der Waals surface area contributed by atoms with Gasteiger partial charge in [-0.3, -0.25) is 9.69 Å². The zero-order valence-electron chi connectivity index (χ0n) is 16.5. The largest absolute Gasteiger partial charge is 0.379 e. The zero-order chi connectivity index (χ0) is 20.5. The summed E-state index contributed by atoms with van der Waals surface area (Å²) in [7, 11) is 0. The topological polar surface area (TPSA) is 55.3 Å². The lowest BCUT2D eigenvalue weighted by atomic mass is 9.97. The third kappa shape index (κ3) is 4.45. The Morgan fingerprint density at radius 2 is 2.00 bits per heavy atom. The molecule has 0 amide bonds. The van der Waals surface area contributed by atoms with Crippen LogP contribution < -0.4 is 0 Å². The molecular formula is C21H22ClN3O2S3. The first-order valence-corrected chi connectivity index (χ1v) is 13.2. The van der Waals surface area contributed by atoms with Gasteiger partial charge >= 0.3 is 0 Å². The number of hydrogen-bond acceptors (Lipinski definition) is 8. The van der Waals surface area contributed by atoms with E-state index in [0.29, 0.717) is 15.0 Å². The van der Waals surface area contributed by atoms with Gasteiger partial charge in [0, 0.05) is 23.4 Å². The van der Waals surface area contributed by atoms with Crippen molar-refractivity contribution in [3.05, 3.63) is 37.6 Å². The smallest absolute Gasteiger partial charge is 0.183 e. The van der Waals surface area contributed by atoms with Crippen LogP contribution >= 0.6 is 46.0 Å². The minimum atomic E-state index is 0.0995. The van der Waals surface area contributed by atoms with Crippen molar-refractivity contribution in [3.8, 4) is 0 Å². The van der Waals surface area contributed by atoms with E-state index in [4.69, 9.17) is 26.3 Å². The van der Waals surface area contributed by atoms with Gasteiger partial charge in [0.25, 0.3) is 0 Å². The Morgan fingerprint density at radius 1 is 1.17 bits per heavy atom. The molecule has 1 fully saturated rings. The number of nitrogens with zero attached hydrogens (tertiary/aromatic N) is 3. The van der Waals surface area contributed by atoms with Crippen LogP contribution in [0.4, 0.5) is 0 Å². The van der Waals surface area contributed by atoms with Gasteiger partial charge < -0.3 is 4.74 Å². The number of carbonyl (C=O) groups is 1. The number of fused-ring (bicyclic) bond motifs is 3. The van der Waals surface area contributed by atoms with Gasteiger partial charge in [-0.2, -0.15) is 0 Å². The van der Waals surface area contributed by atoms with Crippen molar-refractivity contribution in [2.45, 2.75) is 37.3 Å². The lowest BCUT2D eigenvalue weighted by Crippen LogP contribution is -2.36. The molecule has 0 N–H and O–H groups in total. The summed E-state index contributed by atoms with van der Waals surface area (Å²) in [5.74, 6) is 1.31. The van der Waals surface area contributed by atoms with Gasteiger partial charge in [-0.1, -0.05) is 23.4 Å². The zero-order valence-corrected chi connectivity index (χ0v) is 19.7. The van der Waals surface area contributed by atoms with Crippen molar-refractivity contribution in [1.29, 1.82) is 0 Å². The van der Waals surface area contributed by atoms with E-state index in [-0.39, 0.29) is 5.78 Å². The maximum Gasteiger partial charge on any atom is 0.183 e. The molecule has 1 saturated heterocycles. The molecule has 5 rings (SSSR count). The van der Waals surface area contributed by atoms with Gasteiger partial charge in [0.1, 0.15) is 15.7 Å². The van der Waals surface area contributed by atoms with Crippen molar-refractivity contribution in [2.75, 3.05) is 32.1 Å². The summed E-state index contributed by atoms with van der Waals surface area (Å²) >= 11 is 10.7. The molecule has 0 saturated carbocycles. The number of halogens is 1. The number of ether oxygens (including phenoxy) is 1. The minimum Gasteiger partial charge on any atom is -0.379 e. The fourth-order valence-electron chi connectivity index (χ4n) is 3.97. The average Bonchev–Trinajstić information content (AvgIpc) is 3.36. The Hall–Kier alpha value is -1.03. The Kier molecular flexibility index (Phi) is 6.41. The Bertz CT molecular complexity index is 1080. The van der Waals surface area contributed by atoms with Crippen molar-refractivity contribution in [2.24, 2.45) is 0 Å². The van der Waals surface area contributed by atoms with Crippen molar-refractivity contribution in [3.63, 3.8) is 0 Å². The molecule has 1 aliphatic heterocycles. The van der Waals surface area contributed by atoms with E-state index in [1.165, 1.54) is 40.0 Å². The van der Waals surface area contributed by atoms with Gasteiger partial charge in [0.05, 0.1) is 34.7 Å². The molecule has 0 bridgehead atoms. The minimum absolute atomic E-state index is 0.0995. The maximum atomic E-state index is 12.7. The van der Waals surface area contributed by atoms with Crippen LogP contribution in [0.1, 0.15) is 38.8 Å². The summed E-state index contributed by atoms with van der Waals surface area (Å²) in [6.07, 6.45) is 4.68. The number of rotatable bonds is 6. The number of hydrogen-bond donors (Lipinski definition) is 0. The first kappa shape index (κ1) is 20.8. The number of ketones is 1. The second-order valence-corrected chi connectivity index (χ2v) is 11.3. The average molecular weight is 480 g/mol. The Labute approximate surface area is 192 Å². The predicted octanol–water partition coefficient (Wildman–Crippen LogP) is 5.09. The predicted molar refractivity (Wildman–Crippen MR) is 125 cm³/mol. The van der Waals surface area contributed by atoms with E-state index in [0.717, 1.165) is 61.4 Å². The Balaban J connectivity index is 1.45. The second-order valence-electron chi connectivity index (χ2n) is 7.54. The van der Waals surface area contributed by atoms with E-state index >= 15 is 0 Å². The third-order valence-corrected chi connectivity index (χ3v) is 8.92. The lowest BCUT2D eigenvalue weighted by molar-refractivity contribution is 0.0330. The van der Waals surface area contributed by atoms with E-state index < -0.39 is 0 Å². The molecule has 9 heteroatoms. The van der Waals surface area contributed by atoms with Gasteiger partial charge in [-0.05, 0) is 43.4 Å². The van der Waals surface area contributed by atoms with Crippen molar-refractivity contribution >= 4 is 62.0 Å². The van der Waals surface area contributed by atoms with Crippen molar-refractivity contribution in [1.82, 2.24) is 14.9 Å². The number of aromatic nitrogens is 2. The highest BCUT2D eigenvalue weighted by Gasteiger charge is 2.23. The molecule has 1 aliphatic carbocycles. The molecule has 158 valence electrons. The van der Waals surface area contributed by atoms with Crippen LogP contribution in [0.2, 0.25) is 4.34 Å². The van der Waals surface area contributed by atoms with Crippen LogP contribution in [-0.2, 0) is 24.1 Å². The normalized spacial score (nSPS) is 17.4. The van der Waals surface area contributed by atoms with Crippen LogP contribution in [0.15, 0.2) is 17.2 Å². The first-order chi connectivity index (χ1) is 14.7. The molecule has 3 aromatic heterocycles. The highest BCUT2D eigenvalue weighted by Crippen LogP contribution is 2.40. The molecule has 0 unspecified atom stereocenters. The fourth-order valence-corrected chi connectivity index (χ4v) is 7.34. The molecule has 3 aromatic rings. The SMILES string of the molecule is O=C(CSc1nc(CN2CCOCC2)nc2sc3c(c12)CCCC3)c1ccc(Cl)s1. The summed E-state index contributed by atoms with van der Waals surface area (Å²) in [5, 5.41) is 2.14. The third-order valence-electron chi connectivity index (χ3n) is 5.48. The van der Waals surface area contributed by atoms with Gasteiger partial charge in [-0.15, -0.1) is 22.7 Å². The van der Waals surface area contributed by atoms with Crippen LogP contribution in [0.3, 0.4) is 0 Å². The van der Waals surface area contributed by atoms with Crippen LogP contribution in [-0.4, -0.2) is 52.7 Å². The first-order valence-electron chi connectivity index (χ1n) is 10.2. The highest BCUT2D eigenvalue weighted by atomic mass is 35.5. The van der Waals surface area contributed by atoms with E-state index in [1.54, 1.807) is 17.8 Å². The van der Waals surface area contributed by atoms with Gasteiger partial charge in [-0.25, -0.2) is 9.97 Å². The standard InChI is InChI=1S/C21H22ClN3O2S3/c22-17-6-5-16(29-17)14(26)12-28-20-19-13-3-1-2-4-15(13)30-21(19)24-18(23-20)11-25-7-9-27-10-8-25/h5-6H,1-4,7-12H2.